The summed E-state index contributed by atoms with van der Waals surface area (Å²) in [7, 11) is 0. The molecule has 0 spiro atoms. The van der Waals surface area contributed by atoms with Crippen LogP contribution in [0, 0.1) is 0 Å². The van der Waals surface area contributed by atoms with Gasteiger partial charge in [-0.25, -0.2) is 4.79 Å². The van der Waals surface area contributed by atoms with E-state index in [0.29, 0.717) is 27.8 Å². The van der Waals surface area contributed by atoms with Crippen LogP contribution in [0.25, 0.3) is 0 Å². The highest BCUT2D eigenvalue weighted by molar-refractivity contribution is 6.35. The lowest BCUT2D eigenvalue weighted by molar-refractivity contribution is -0.138. The van der Waals surface area contributed by atoms with Gasteiger partial charge in [0.15, 0.2) is 0 Å². The van der Waals surface area contributed by atoms with Crippen LogP contribution in [0.3, 0.4) is 0 Å². The molecule has 1 amide bonds. The third-order valence-electron chi connectivity index (χ3n) is 4.57. The van der Waals surface area contributed by atoms with E-state index in [2.05, 4.69) is 10.6 Å². The van der Waals surface area contributed by atoms with Crippen LogP contribution in [-0.4, -0.2) is 23.0 Å². The van der Waals surface area contributed by atoms with E-state index in [1.54, 1.807) is 12.1 Å². The van der Waals surface area contributed by atoms with Crippen LogP contribution in [0.5, 0.6) is 0 Å². The third-order valence-corrected chi connectivity index (χ3v) is 5.10. The van der Waals surface area contributed by atoms with Gasteiger partial charge in [-0.3, -0.25) is 4.79 Å². The zero-order valence-electron chi connectivity index (χ0n) is 14.7. The van der Waals surface area contributed by atoms with Crippen molar-refractivity contribution in [1.82, 2.24) is 5.32 Å². The first kappa shape index (κ1) is 22.3. The monoisotopic (exact) mass is 443 g/mol. The Bertz CT molecular complexity index is 892. The topological polar surface area (TPSA) is 104 Å². The van der Waals surface area contributed by atoms with Crippen LogP contribution in [0.4, 0.5) is 5.69 Å². The highest BCUT2D eigenvalue weighted by Crippen LogP contribution is 2.39. The van der Waals surface area contributed by atoms with Gasteiger partial charge in [-0.15, -0.1) is 12.4 Å². The summed E-state index contributed by atoms with van der Waals surface area (Å²) in [5.74, 6) is -1.24. The molecule has 3 rings (SSSR count). The normalized spacial score (nSPS) is 17.7. The first-order valence-corrected chi connectivity index (χ1v) is 9.19. The van der Waals surface area contributed by atoms with Gasteiger partial charge in [0.25, 0.3) is 0 Å². The highest BCUT2D eigenvalue weighted by atomic mass is 35.5. The molecule has 6 nitrogen and oxygen atoms in total. The second kappa shape index (κ2) is 9.47. The molecule has 2 aromatic rings. The van der Waals surface area contributed by atoms with E-state index in [0.717, 1.165) is 11.1 Å². The van der Waals surface area contributed by atoms with Gasteiger partial charge in [-0.1, -0.05) is 47.5 Å². The second-order valence-corrected chi connectivity index (χ2v) is 7.23. The molecule has 2 unspecified atom stereocenters. The maximum atomic E-state index is 12.6. The van der Waals surface area contributed by atoms with Crippen LogP contribution in [-0.2, 0) is 22.6 Å². The average molecular weight is 445 g/mol. The minimum atomic E-state index is -1.01. The summed E-state index contributed by atoms with van der Waals surface area (Å²) in [6.07, 6.45) is 0.323. The molecule has 2 atom stereocenters. The van der Waals surface area contributed by atoms with Crippen LogP contribution in [0.15, 0.2) is 36.4 Å². The van der Waals surface area contributed by atoms with Gasteiger partial charge in [0.2, 0.25) is 5.91 Å². The number of carbonyl (C=O) groups is 2. The standard InChI is InChI=1S/C19H19Cl2N3O3.ClH/c20-12-6-13(21)18-14(7-12)23-16(19(26)27)8-15(18)24-17(25)5-10-3-1-2-4-11(10)9-22;/h1-4,6-7,15-16,23H,5,8-9,22H2,(H,24,25)(H,26,27);1H. The molecule has 0 radical (unpaired) electrons. The number of amides is 1. The largest absolute Gasteiger partial charge is 0.480 e. The number of fused-ring (bicyclic) bond motifs is 1. The Morgan fingerprint density at radius 2 is 1.89 bits per heavy atom. The SMILES string of the molecule is Cl.NCc1ccccc1CC(=O)NC1CC(C(=O)O)Nc2cc(Cl)cc(Cl)c21. The van der Waals surface area contributed by atoms with E-state index < -0.39 is 18.1 Å². The molecule has 1 aliphatic rings. The van der Waals surface area contributed by atoms with E-state index >= 15 is 0 Å². The predicted octanol–water partition coefficient (Wildman–Crippen LogP) is 3.54. The number of carboxylic acid groups (broad SMARTS) is 1. The van der Waals surface area contributed by atoms with Crippen molar-refractivity contribution >= 4 is 53.2 Å². The molecule has 150 valence electrons. The lowest BCUT2D eigenvalue weighted by atomic mass is 9.92. The fourth-order valence-corrected chi connectivity index (χ4v) is 3.92. The van der Waals surface area contributed by atoms with Gasteiger partial charge in [0.1, 0.15) is 6.04 Å². The highest BCUT2D eigenvalue weighted by Gasteiger charge is 2.33. The van der Waals surface area contributed by atoms with Crippen molar-refractivity contribution in [3.05, 3.63) is 63.1 Å². The zero-order chi connectivity index (χ0) is 19.6. The van der Waals surface area contributed by atoms with Gasteiger partial charge in [-0.2, -0.15) is 0 Å². The molecule has 0 saturated heterocycles. The molecule has 0 bridgehead atoms. The fourth-order valence-electron chi connectivity index (χ4n) is 3.30. The lowest BCUT2D eigenvalue weighted by Crippen LogP contribution is -2.41. The van der Waals surface area contributed by atoms with Gasteiger partial charge in [0.05, 0.1) is 12.5 Å². The number of anilines is 1. The number of nitrogens with two attached hydrogens (primary N) is 1. The van der Waals surface area contributed by atoms with Crippen molar-refractivity contribution in [2.75, 3.05) is 5.32 Å². The Morgan fingerprint density at radius 1 is 1.21 bits per heavy atom. The van der Waals surface area contributed by atoms with Gasteiger partial charge in [-0.05, 0) is 23.3 Å². The van der Waals surface area contributed by atoms with Crippen molar-refractivity contribution in [3.63, 3.8) is 0 Å². The van der Waals surface area contributed by atoms with Gasteiger partial charge >= 0.3 is 5.97 Å². The molecule has 28 heavy (non-hydrogen) atoms. The number of carboxylic acids is 1. The number of nitrogens with one attached hydrogen (secondary N) is 2. The first-order valence-electron chi connectivity index (χ1n) is 8.43. The lowest BCUT2D eigenvalue weighted by Gasteiger charge is -2.32. The van der Waals surface area contributed by atoms with Crippen molar-refractivity contribution < 1.29 is 14.7 Å². The summed E-state index contributed by atoms with van der Waals surface area (Å²) < 4.78 is 0. The summed E-state index contributed by atoms with van der Waals surface area (Å²) in [4.78, 5) is 24.1. The van der Waals surface area contributed by atoms with Gasteiger partial charge < -0.3 is 21.5 Å². The van der Waals surface area contributed by atoms with Crippen LogP contribution < -0.4 is 16.4 Å². The molecule has 2 aromatic carbocycles. The molecule has 9 heteroatoms. The summed E-state index contributed by atoms with van der Waals surface area (Å²) in [5.41, 5.74) is 8.61. The van der Waals surface area contributed by atoms with E-state index in [-0.39, 0.29) is 31.2 Å². The minimum absolute atomic E-state index is 0. The number of aliphatic carboxylic acids is 1. The van der Waals surface area contributed by atoms with E-state index in [4.69, 9.17) is 28.9 Å². The van der Waals surface area contributed by atoms with E-state index in [1.165, 1.54) is 0 Å². The number of hydrogen-bond donors (Lipinski definition) is 4. The quantitative estimate of drug-likeness (QED) is 0.564. The van der Waals surface area contributed by atoms with Crippen molar-refractivity contribution in [1.29, 1.82) is 0 Å². The van der Waals surface area contributed by atoms with Crippen LogP contribution in [0.2, 0.25) is 10.0 Å². The molecular weight excluding hydrogens is 425 g/mol. The molecule has 0 fully saturated rings. The minimum Gasteiger partial charge on any atom is -0.480 e. The Hall–Kier alpha value is -1.99. The Balaban J connectivity index is 0.00000280. The third kappa shape index (κ3) is 4.89. The number of halogens is 3. The maximum Gasteiger partial charge on any atom is 0.326 e. The number of rotatable bonds is 5. The Morgan fingerprint density at radius 3 is 2.54 bits per heavy atom. The van der Waals surface area contributed by atoms with Crippen molar-refractivity contribution in [2.24, 2.45) is 5.73 Å². The molecular formula is C19H20Cl3N3O3. The molecule has 1 aliphatic heterocycles. The van der Waals surface area contributed by atoms with E-state index in [9.17, 15) is 14.7 Å². The second-order valence-electron chi connectivity index (χ2n) is 6.39. The molecule has 0 aromatic heterocycles. The summed E-state index contributed by atoms with van der Waals surface area (Å²) >= 11 is 12.4. The number of hydrogen-bond acceptors (Lipinski definition) is 4. The van der Waals surface area contributed by atoms with Crippen molar-refractivity contribution in [3.8, 4) is 0 Å². The first-order chi connectivity index (χ1) is 12.9. The molecule has 5 N–H and O–H groups in total. The molecule has 0 saturated carbocycles. The molecule has 1 heterocycles. The summed E-state index contributed by atoms with van der Waals surface area (Å²) in [5, 5.41) is 16.0. The van der Waals surface area contributed by atoms with E-state index in [1.807, 2.05) is 24.3 Å². The maximum absolute atomic E-state index is 12.6. The Kier molecular flexibility index (Phi) is 7.55. The van der Waals surface area contributed by atoms with Crippen LogP contribution in [0.1, 0.15) is 29.2 Å². The summed E-state index contributed by atoms with van der Waals surface area (Å²) in [6, 6.07) is 9.24. The number of carbonyl (C=O) groups excluding carboxylic acids is 1. The van der Waals surface area contributed by atoms with Crippen LogP contribution >= 0.6 is 35.6 Å². The number of benzene rings is 2. The Labute approximate surface area is 178 Å². The zero-order valence-corrected chi connectivity index (χ0v) is 17.1. The predicted molar refractivity (Wildman–Crippen MR) is 112 cm³/mol. The van der Waals surface area contributed by atoms with Gasteiger partial charge in [0, 0.05) is 34.3 Å². The van der Waals surface area contributed by atoms with Crippen molar-refractivity contribution in [2.45, 2.75) is 31.5 Å². The summed E-state index contributed by atoms with van der Waals surface area (Å²) in [6.45, 7) is 0.338. The average Bonchev–Trinajstić information content (AvgIpc) is 2.61. The fraction of sp³-hybridized carbons (Fsp3) is 0.263. The smallest absolute Gasteiger partial charge is 0.326 e. The molecule has 0 aliphatic carbocycles.